The zero-order valence-electron chi connectivity index (χ0n) is 7.43. The standard InChI is InChI=1S/C10H13ClS/c1-3-9-6-10(12-7-9)5-4-8(2)11/h4-5,7H,3,6H2,1-2H3/b8-4+,10-5+. The lowest BCUT2D eigenvalue weighted by molar-refractivity contribution is 1.04. The summed E-state index contributed by atoms with van der Waals surface area (Å²) >= 11 is 7.53. The molecule has 1 heterocycles. The van der Waals surface area contributed by atoms with Crippen LogP contribution < -0.4 is 0 Å². The van der Waals surface area contributed by atoms with Crippen LogP contribution in [-0.4, -0.2) is 0 Å². The molecule has 0 saturated heterocycles. The van der Waals surface area contributed by atoms with Gasteiger partial charge in [-0.2, -0.15) is 0 Å². The molecule has 1 rings (SSSR count). The van der Waals surface area contributed by atoms with Gasteiger partial charge in [-0.05, 0) is 29.7 Å². The average molecular weight is 201 g/mol. The third-order valence-corrected chi connectivity index (χ3v) is 2.89. The van der Waals surface area contributed by atoms with Gasteiger partial charge in [-0.3, -0.25) is 0 Å². The monoisotopic (exact) mass is 200 g/mol. The second-order valence-corrected chi connectivity index (χ2v) is 4.40. The zero-order chi connectivity index (χ0) is 8.97. The highest BCUT2D eigenvalue weighted by atomic mass is 35.5. The highest BCUT2D eigenvalue weighted by Crippen LogP contribution is 2.35. The Kier molecular flexibility index (Phi) is 3.96. The fourth-order valence-electron chi connectivity index (χ4n) is 0.980. The molecule has 0 atom stereocenters. The van der Waals surface area contributed by atoms with E-state index in [4.69, 9.17) is 11.6 Å². The molecule has 1 aliphatic heterocycles. The topological polar surface area (TPSA) is 0 Å². The van der Waals surface area contributed by atoms with Gasteiger partial charge < -0.3 is 0 Å². The maximum atomic E-state index is 5.72. The molecule has 0 nitrogen and oxygen atoms in total. The summed E-state index contributed by atoms with van der Waals surface area (Å²) in [7, 11) is 0. The Labute approximate surface area is 83.4 Å². The van der Waals surface area contributed by atoms with E-state index in [-0.39, 0.29) is 0 Å². The van der Waals surface area contributed by atoms with Crippen LogP contribution in [0.4, 0.5) is 0 Å². The largest absolute Gasteiger partial charge is 0.102 e. The van der Waals surface area contributed by atoms with Crippen LogP contribution in [0.15, 0.2) is 33.1 Å². The van der Waals surface area contributed by atoms with Gasteiger partial charge in [-0.25, -0.2) is 0 Å². The Balaban J connectivity index is 2.51. The molecule has 0 spiro atoms. The Hall–Kier alpha value is -0.140. The molecule has 1 aliphatic rings. The van der Waals surface area contributed by atoms with E-state index >= 15 is 0 Å². The fraction of sp³-hybridized carbons (Fsp3) is 0.400. The molecule has 0 aromatic carbocycles. The van der Waals surface area contributed by atoms with Crippen molar-refractivity contribution in [2.75, 3.05) is 0 Å². The van der Waals surface area contributed by atoms with Crippen LogP contribution in [0.25, 0.3) is 0 Å². The highest BCUT2D eigenvalue weighted by molar-refractivity contribution is 8.06. The summed E-state index contributed by atoms with van der Waals surface area (Å²) in [5.74, 6) is 0. The van der Waals surface area contributed by atoms with Crippen LogP contribution in [0.3, 0.4) is 0 Å². The van der Waals surface area contributed by atoms with Gasteiger partial charge in [-0.1, -0.05) is 30.2 Å². The molecule has 0 amide bonds. The van der Waals surface area contributed by atoms with Crippen molar-refractivity contribution in [3.05, 3.63) is 33.1 Å². The van der Waals surface area contributed by atoms with Gasteiger partial charge in [0.15, 0.2) is 0 Å². The van der Waals surface area contributed by atoms with Gasteiger partial charge >= 0.3 is 0 Å². The summed E-state index contributed by atoms with van der Waals surface area (Å²) in [4.78, 5) is 1.40. The first-order valence-electron chi connectivity index (χ1n) is 4.10. The lowest BCUT2D eigenvalue weighted by atomic mass is 10.1. The van der Waals surface area contributed by atoms with Crippen LogP contribution in [0, 0.1) is 0 Å². The fourth-order valence-corrected chi connectivity index (χ4v) is 2.03. The summed E-state index contributed by atoms with van der Waals surface area (Å²) in [6.45, 7) is 4.09. The van der Waals surface area contributed by atoms with Crippen molar-refractivity contribution in [2.45, 2.75) is 26.7 Å². The average Bonchev–Trinajstić information content (AvgIpc) is 2.48. The molecule has 0 aliphatic carbocycles. The predicted molar refractivity (Wildman–Crippen MR) is 58.3 cm³/mol. The molecule has 0 aromatic rings. The molecule has 0 unspecified atom stereocenters. The minimum atomic E-state index is 0.841. The third-order valence-electron chi connectivity index (χ3n) is 1.73. The maximum absolute atomic E-state index is 5.72. The van der Waals surface area contributed by atoms with Gasteiger partial charge in [0.2, 0.25) is 0 Å². The van der Waals surface area contributed by atoms with Crippen molar-refractivity contribution >= 4 is 23.4 Å². The van der Waals surface area contributed by atoms with Crippen LogP contribution in [0.1, 0.15) is 26.7 Å². The Morgan fingerprint density at radius 1 is 1.75 bits per heavy atom. The normalized spacial score (nSPS) is 21.8. The summed E-state index contributed by atoms with van der Waals surface area (Å²) in [5, 5.41) is 3.08. The predicted octanol–water partition coefficient (Wildman–Crippen LogP) is 4.44. The molecule has 0 N–H and O–H groups in total. The van der Waals surface area contributed by atoms with Crippen molar-refractivity contribution in [3.63, 3.8) is 0 Å². The van der Waals surface area contributed by atoms with E-state index in [2.05, 4.69) is 18.4 Å². The molecule has 2 heteroatoms. The quantitative estimate of drug-likeness (QED) is 0.635. The summed E-state index contributed by atoms with van der Waals surface area (Å²) in [6.07, 6.45) is 6.33. The molecular weight excluding hydrogens is 188 g/mol. The molecule has 0 saturated carbocycles. The first-order valence-corrected chi connectivity index (χ1v) is 5.35. The first kappa shape index (κ1) is 9.94. The van der Waals surface area contributed by atoms with Crippen molar-refractivity contribution in [2.24, 2.45) is 0 Å². The third kappa shape index (κ3) is 3.08. The number of allylic oxidation sites excluding steroid dienone is 5. The molecule has 0 aromatic heterocycles. The number of hydrogen-bond acceptors (Lipinski definition) is 1. The minimum absolute atomic E-state index is 0.841. The maximum Gasteiger partial charge on any atom is 0.0150 e. The highest BCUT2D eigenvalue weighted by Gasteiger charge is 2.07. The van der Waals surface area contributed by atoms with Crippen molar-refractivity contribution in [1.29, 1.82) is 0 Å². The smallest absolute Gasteiger partial charge is 0.0150 e. The summed E-state index contributed by atoms with van der Waals surface area (Å²) in [6, 6.07) is 0. The number of rotatable bonds is 2. The summed E-state index contributed by atoms with van der Waals surface area (Å²) in [5.41, 5.74) is 1.52. The molecular formula is C10H13ClS. The second kappa shape index (κ2) is 4.78. The van der Waals surface area contributed by atoms with Gasteiger partial charge in [-0.15, -0.1) is 11.8 Å². The van der Waals surface area contributed by atoms with Crippen molar-refractivity contribution in [1.82, 2.24) is 0 Å². The molecule has 0 bridgehead atoms. The van der Waals surface area contributed by atoms with E-state index < -0.39 is 0 Å². The Bertz CT molecular complexity index is 245. The zero-order valence-corrected chi connectivity index (χ0v) is 9.00. The minimum Gasteiger partial charge on any atom is -0.102 e. The van der Waals surface area contributed by atoms with Crippen molar-refractivity contribution in [3.8, 4) is 0 Å². The SMILES string of the molecule is CCC1=CS/C(=C/C=C(\C)Cl)C1. The van der Waals surface area contributed by atoms with Crippen LogP contribution in [-0.2, 0) is 0 Å². The van der Waals surface area contributed by atoms with E-state index in [9.17, 15) is 0 Å². The first-order chi connectivity index (χ1) is 5.72. The van der Waals surface area contributed by atoms with Gasteiger partial charge in [0, 0.05) is 11.5 Å². The van der Waals surface area contributed by atoms with Crippen molar-refractivity contribution < 1.29 is 0 Å². The van der Waals surface area contributed by atoms with E-state index in [1.165, 1.54) is 10.5 Å². The lowest BCUT2D eigenvalue weighted by Gasteiger charge is -1.94. The van der Waals surface area contributed by atoms with E-state index in [1.54, 1.807) is 0 Å². The molecule has 0 fully saturated rings. The number of hydrogen-bond donors (Lipinski definition) is 0. The van der Waals surface area contributed by atoms with E-state index in [0.717, 1.165) is 17.9 Å². The van der Waals surface area contributed by atoms with Crippen LogP contribution in [0.5, 0.6) is 0 Å². The second-order valence-electron chi connectivity index (χ2n) is 2.81. The molecule has 0 radical (unpaired) electrons. The summed E-state index contributed by atoms with van der Waals surface area (Å²) < 4.78 is 0. The Morgan fingerprint density at radius 2 is 2.50 bits per heavy atom. The van der Waals surface area contributed by atoms with Crippen LogP contribution in [0.2, 0.25) is 0 Å². The Morgan fingerprint density at radius 3 is 3.00 bits per heavy atom. The number of thioether (sulfide) groups is 1. The lowest BCUT2D eigenvalue weighted by Crippen LogP contribution is -1.74. The van der Waals surface area contributed by atoms with Gasteiger partial charge in [0.05, 0.1) is 0 Å². The van der Waals surface area contributed by atoms with Crippen LogP contribution >= 0.6 is 23.4 Å². The molecule has 12 heavy (non-hydrogen) atoms. The molecule has 66 valence electrons. The van der Waals surface area contributed by atoms with E-state index in [0.29, 0.717) is 0 Å². The number of halogens is 1. The van der Waals surface area contributed by atoms with Gasteiger partial charge in [0.25, 0.3) is 0 Å². The van der Waals surface area contributed by atoms with E-state index in [1.807, 2.05) is 24.8 Å². The van der Waals surface area contributed by atoms with Gasteiger partial charge in [0.1, 0.15) is 0 Å².